The molecule has 0 radical (unpaired) electrons. The Labute approximate surface area is 140 Å². The fourth-order valence-electron chi connectivity index (χ4n) is 2.77. The number of amides is 2. The number of nitrogens with one attached hydrogen (secondary N) is 2. The summed E-state index contributed by atoms with van der Waals surface area (Å²) in [5, 5.41) is 12.2. The van der Waals surface area contributed by atoms with Crippen LogP contribution in [-0.2, 0) is 6.54 Å². The monoisotopic (exact) mass is 333 g/mol. The number of aromatic nitrogens is 2. The molecule has 1 aliphatic rings. The zero-order valence-electron chi connectivity index (χ0n) is 13.6. The van der Waals surface area contributed by atoms with Crippen molar-refractivity contribution in [3.63, 3.8) is 0 Å². The first-order chi connectivity index (χ1) is 11.1. The number of hydrogen-bond acceptors (Lipinski definition) is 4. The zero-order valence-corrected chi connectivity index (χ0v) is 14.4. The highest BCUT2D eigenvalue weighted by Gasteiger charge is 2.19. The highest BCUT2D eigenvalue weighted by Crippen LogP contribution is 2.21. The molecule has 1 fully saturated rings. The van der Waals surface area contributed by atoms with Crippen LogP contribution < -0.4 is 10.6 Å². The number of carbonyl (C=O) groups excluding carboxylic acids is 1. The lowest BCUT2D eigenvalue weighted by Gasteiger charge is -2.28. The fraction of sp³-hybridized carbons (Fsp3) is 0.500. The molecule has 0 bridgehead atoms. The van der Waals surface area contributed by atoms with E-state index in [9.17, 15) is 4.79 Å². The lowest BCUT2D eigenvalue weighted by Crippen LogP contribution is -2.32. The van der Waals surface area contributed by atoms with E-state index in [4.69, 9.17) is 0 Å². The first kappa shape index (κ1) is 16.0. The third kappa shape index (κ3) is 4.11. The molecule has 2 amide bonds. The molecule has 2 aromatic heterocycles. The van der Waals surface area contributed by atoms with Crippen molar-refractivity contribution < 1.29 is 4.79 Å². The minimum absolute atomic E-state index is 0.216. The van der Waals surface area contributed by atoms with Crippen LogP contribution in [0.15, 0.2) is 23.7 Å². The van der Waals surface area contributed by atoms with E-state index < -0.39 is 0 Å². The Morgan fingerprint density at radius 3 is 2.87 bits per heavy atom. The van der Waals surface area contributed by atoms with E-state index in [0.717, 1.165) is 25.9 Å². The molecule has 0 saturated carbocycles. The number of likely N-dealkylation sites (tertiary alicyclic amines) is 1. The van der Waals surface area contributed by atoms with Gasteiger partial charge < -0.3 is 10.2 Å². The van der Waals surface area contributed by atoms with E-state index in [1.807, 2.05) is 22.3 Å². The van der Waals surface area contributed by atoms with Crippen LogP contribution in [0.2, 0.25) is 0 Å². The number of hydrogen-bond donors (Lipinski definition) is 2. The first-order valence-corrected chi connectivity index (χ1v) is 8.81. The van der Waals surface area contributed by atoms with Crippen LogP contribution in [-0.4, -0.2) is 40.8 Å². The lowest BCUT2D eigenvalue weighted by molar-refractivity contribution is 0.212. The van der Waals surface area contributed by atoms with E-state index in [2.05, 4.69) is 40.7 Å². The maximum atomic E-state index is 12.0. The maximum absolute atomic E-state index is 12.0. The number of rotatable bonds is 4. The van der Waals surface area contributed by atoms with Gasteiger partial charge in [0.2, 0.25) is 0 Å². The van der Waals surface area contributed by atoms with Crippen molar-refractivity contribution in [2.45, 2.75) is 32.4 Å². The fourth-order valence-corrected chi connectivity index (χ4v) is 3.62. The molecule has 3 heterocycles. The minimum Gasteiger partial charge on any atom is -0.333 e. The van der Waals surface area contributed by atoms with Gasteiger partial charge in [0.25, 0.3) is 0 Å². The van der Waals surface area contributed by atoms with Gasteiger partial charge in [-0.2, -0.15) is 5.10 Å². The average molecular weight is 333 g/mol. The molecule has 3 rings (SSSR count). The third-order valence-electron chi connectivity index (χ3n) is 4.29. The molecule has 1 saturated heterocycles. The van der Waals surface area contributed by atoms with Gasteiger partial charge in [-0.3, -0.25) is 10.00 Å². The molecule has 2 aromatic rings. The number of aryl methyl sites for hydroxylation is 1. The standard InChI is InChI=1S/C16H23N5OS/c1-12-6-10-23-14(12)11-17-16(22)18-15-5-9-21(19-15)13-3-7-20(2)8-4-13/h5-6,9-10,13H,3-4,7-8,11H2,1-2H3,(H2,17,18,19,22). The Morgan fingerprint density at radius 2 is 2.17 bits per heavy atom. The molecule has 0 unspecified atom stereocenters. The van der Waals surface area contributed by atoms with Crippen LogP contribution in [0, 0.1) is 6.92 Å². The van der Waals surface area contributed by atoms with Crippen molar-refractivity contribution in [1.29, 1.82) is 0 Å². The lowest BCUT2D eigenvalue weighted by atomic mass is 10.1. The SMILES string of the molecule is Cc1ccsc1CNC(=O)Nc1ccn(C2CCN(C)CC2)n1. The van der Waals surface area contributed by atoms with E-state index >= 15 is 0 Å². The van der Waals surface area contributed by atoms with Gasteiger partial charge in [-0.15, -0.1) is 11.3 Å². The molecule has 7 heteroatoms. The molecule has 1 aliphatic heterocycles. The second-order valence-corrected chi connectivity index (χ2v) is 7.05. The summed E-state index contributed by atoms with van der Waals surface area (Å²) in [7, 11) is 2.14. The van der Waals surface area contributed by atoms with Gasteiger partial charge in [-0.05, 0) is 56.9 Å². The van der Waals surface area contributed by atoms with Gasteiger partial charge in [-0.1, -0.05) is 0 Å². The Bertz CT molecular complexity index is 657. The second-order valence-electron chi connectivity index (χ2n) is 6.05. The molecule has 23 heavy (non-hydrogen) atoms. The number of thiophene rings is 1. The molecule has 0 aromatic carbocycles. The molecular weight excluding hydrogens is 310 g/mol. The summed E-state index contributed by atoms with van der Waals surface area (Å²) in [6.45, 7) is 4.78. The van der Waals surface area contributed by atoms with Crippen molar-refractivity contribution in [2.75, 3.05) is 25.5 Å². The molecule has 0 aliphatic carbocycles. The van der Waals surface area contributed by atoms with Gasteiger partial charge in [0.15, 0.2) is 5.82 Å². The van der Waals surface area contributed by atoms with Crippen LogP contribution in [0.25, 0.3) is 0 Å². The van der Waals surface area contributed by atoms with Gasteiger partial charge >= 0.3 is 6.03 Å². The largest absolute Gasteiger partial charge is 0.333 e. The minimum atomic E-state index is -0.216. The number of urea groups is 1. The molecule has 124 valence electrons. The Hall–Kier alpha value is -1.86. The Kier molecular flexibility index (Phi) is 4.97. The predicted molar refractivity (Wildman–Crippen MR) is 92.9 cm³/mol. The van der Waals surface area contributed by atoms with Crippen molar-refractivity contribution >= 4 is 23.2 Å². The topological polar surface area (TPSA) is 62.2 Å². The van der Waals surface area contributed by atoms with Crippen molar-refractivity contribution in [3.8, 4) is 0 Å². The van der Waals surface area contributed by atoms with Crippen LogP contribution in [0.3, 0.4) is 0 Å². The summed E-state index contributed by atoms with van der Waals surface area (Å²) in [5.74, 6) is 0.601. The van der Waals surface area contributed by atoms with E-state index in [1.54, 1.807) is 11.3 Å². The molecule has 0 spiro atoms. The maximum Gasteiger partial charge on any atom is 0.320 e. The highest BCUT2D eigenvalue weighted by atomic mass is 32.1. The summed E-state index contributed by atoms with van der Waals surface area (Å²) < 4.78 is 1.98. The van der Waals surface area contributed by atoms with Gasteiger partial charge in [-0.25, -0.2) is 4.79 Å². The van der Waals surface area contributed by atoms with Crippen LogP contribution >= 0.6 is 11.3 Å². The first-order valence-electron chi connectivity index (χ1n) is 7.93. The average Bonchev–Trinajstić information content (AvgIpc) is 3.15. The zero-order chi connectivity index (χ0) is 16.2. The van der Waals surface area contributed by atoms with Crippen molar-refractivity contribution in [1.82, 2.24) is 20.0 Å². The molecule has 6 nitrogen and oxygen atoms in total. The van der Waals surface area contributed by atoms with Gasteiger partial charge in [0, 0.05) is 17.1 Å². The van der Waals surface area contributed by atoms with Gasteiger partial charge in [0.1, 0.15) is 0 Å². The number of nitrogens with zero attached hydrogens (tertiary/aromatic N) is 3. The van der Waals surface area contributed by atoms with E-state index in [-0.39, 0.29) is 6.03 Å². The summed E-state index contributed by atoms with van der Waals surface area (Å²) >= 11 is 1.65. The number of anilines is 1. The molecule has 0 atom stereocenters. The number of piperidine rings is 1. The Balaban J connectivity index is 1.50. The van der Waals surface area contributed by atoms with E-state index in [1.165, 1.54) is 10.4 Å². The number of carbonyl (C=O) groups is 1. The van der Waals surface area contributed by atoms with E-state index in [0.29, 0.717) is 18.4 Å². The highest BCUT2D eigenvalue weighted by molar-refractivity contribution is 7.10. The van der Waals surface area contributed by atoms with Crippen molar-refractivity contribution in [3.05, 3.63) is 34.2 Å². The van der Waals surface area contributed by atoms with Crippen LogP contribution in [0.4, 0.5) is 10.6 Å². The normalized spacial score (nSPS) is 16.4. The summed E-state index contributed by atoms with van der Waals surface area (Å²) in [4.78, 5) is 15.5. The summed E-state index contributed by atoms with van der Waals surface area (Å²) in [6, 6.07) is 4.13. The quantitative estimate of drug-likeness (QED) is 0.904. The summed E-state index contributed by atoms with van der Waals surface area (Å²) in [6.07, 6.45) is 4.15. The second kappa shape index (κ2) is 7.14. The smallest absolute Gasteiger partial charge is 0.320 e. The van der Waals surface area contributed by atoms with Crippen LogP contribution in [0.5, 0.6) is 0 Å². The third-order valence-corrected chi connectivity index (χ3v) is 5.31. The predicted octanol–water partition coefficient (Wildman–Crippen LogP) is 2.84. The molecular formula is C16H23N5OS. The Morgan fingerprint density at radius 1 is 1.39 bits per heavy atom. The summed E-state index contributed by atoms with van der Waals surface area (Å²) in [5.41, 5.74) is 1.21. The van der Waals surface area contributed by atoms with Gasteiger partial charge in [0.05, 0.1) is 12.6 Å². The van der Waals surface area contributed by atoms with Crippen LogP contribution in [0.1, 0.15) is 29.3 Å². The molecule has 2 N–H and O–H groups in total. The van der Waals surface area contributed by atoms with Crippen molar-refractivity contribution in [2.24, 2.45) is 0 Å².